The molecule has 1 atom stereocenters. The van der Waals surface area contributed by atoms with Gasteiger partial charge in [-0.15, -0.1) is 6.58 Å². The average Bonchev–Trinajstić information content (AvgIpc) is 3.00. The average molecular weight is 302 g/mol. The lowest BCUT2D eigenvalue weighted by molar-refractivity contribution is -0.130. The number of carbonyl (C=O) groups excluding carboxylic acids is 2. The number of nitrogens with zero attached hydrogens (tertiary/aromatic N) is 1. The van der Waals surface area contributed by atoms with Crippen LogP contribution in [0.25, 0.3) is 0 Å². The smallest absolute Gasteiger partial charge is 0.407 e. The summed E-state index contributed by atoms with van der Waals surface area (Å²) in [6, 6.07) is 9.50. The third kappa shape index (κ3) is 4.91. The Bertz CT molecular complexity index is 516. The first-order valence-corrected chi connectivity index (χ1v) is 7.55. The predicted molar refractivity (Wildman–Crippen MR) is 84.2 cm³/mol. The Morgan fingerprint density at radius 2 is 2.14 bits per heavy atom. The van der Waals surface area contributed by atoms with Crippen LogP contribution in [0.1, 0.15) is 24.8 Å². The predicted octanol–water partition coefficient (Wildman–Crippen LogP) is 2.48. The summed E-state index contributed by atoms with van der Waals surface area (Å²) in [7, 11) is 0. The molecule has 1 fully saturated rings. The number of ether oxygens (including phenoxy) is 1. The van der Waals surface area contributed by atoms with Gasteiger partial charge in [0.15, 0.2) is 0 Å². The highest BCUT2D eigenvalue weighted by Gasteiger charge is 2.27. The van der Waals surface area contributed by atoms with Gasteiger partial charge in [0, 0.05) is 19.5 Å². The summed E-state index contributed by atoms with van der Waals surface area (Å²) >= 11 is 0. The lowest BCUT2D eigenvalue weighted by Gasteiger charge is -2.16. The minimum Gasteiger partial charge on any atom is -0.445 e. The van der Waals surface area contributed by atoms with E-state index in [0.29, 0.717) is 25.9 Å². The van der Waals surface area contributed by atoms with Crippen LogP contribution in [0.15, 0.2) is 43.0 Å². The van der Waals surface area contributed by atoms with Crippen LogP contribution in [-0.2, 0) is 16.1 Å². The second-order valence-corrected chi connectivity index (χ2v) is 5.36. The zero-order valence-corrected chi connectivity index (χ0v) is 12.7. The Labute approximate surface area is 130 Å². The number of nitrogens with one attached hydrogen (secondary N) is 1. The van der Waals surface area contributed by atoms with Gasteiger partial charge in [0.2, 0.25) is 5.91 Å². The highest BCUT2D eigenvalue weighted by atomic mass is 16.5. The van der Waals surface area contributed by atoms with Crippen molar-refractivity contribution in [2.24, 2.45) is 0 Å². The molecule has 5 heteroatoms. The maximum absolute atomic E-state index is 11.9. The van der Waals surface area contributed by atoms with Crippen molar-refractivity contribution in [2.75, 3.05) is 13.1 Å². The lowest BCUT2D eigenvalue weighted by Crippen LogP contribution is -2.38. The molecule has 22 heavy (non-hydrogen) atoms. The molecule has 5 nitrogen and oxygen atoms in total. The molecule has 1 aromatic carbocycles. The third-order valence-corrected chi connectivity index (χ3v) is 3.64. The van der Waals surface area contributed by atoms with Crippen LogP contribution in [0.4, 0.5) is 4.79 Å². The number of alkyl carbamates (subject to hydrolysis) is 1. The van der Waals surface area contributed by atoms with Gasteiger partial charge in [0.05, 0.1) is 6.04 Å². The molecule has 0 radical (unpaired) electrons. The summed E-state index contributed by atoms with van der Waals surface area (Å²) < 4.78 is 5.18. The molecule has 1 saturated heterocycles. The molecule has 118 valence electrons. The summed E-state index contributed by atoms with van der Waals surface area (Å²) in [4.78, 5) is 25.4. The second kappa shape index (κ2) is 8.22. The number of rotatable bonds is 6. The summed E-state index contributed by atoms with van der Waals surface area (Å²) in [6.07, 6.45) is 3.24. The van der Waals surface area contributed by atoms with Crippen molar-refractivity contribution >= 4 is 12.0 Å². The number of benzene rings is 1. The van der Waals surface area contributed by atoms with Gasteiger partial charge < -0.3 is 15.0 Å². The molecule has 0 spiro atoms. The minimum atomic E-state index is -0.436. The van der Waals surface area contributed by atoms with E-state index in [1.165, 1.54) is 0 Å². The summed E-state index contributed by atoms with van der Waals surface area (Å²) in [5, 5.41) is 2.81. The van der Waals surface area contributed by atoms with Crippen molar-refractivity contribution in [2.45, 2.75) is 31.9 Å². The maximum Gasteiger partial charge on any atom is 0.407 e. The maximum atomic E-state index is 11.9. The molecule has 1 aliphatic heterocycles. The van der Waals surface area contributed by atoms with Crippen LogP contribution < -0.4 is 5.32 Å². The first-order chi connectivity index (χ1) is 10.7. The first-order valence-electron chi connectivity index (χ1n) is 7.55. The van der Waals surface area contributed by atoms with E-state index in [0.717, 1.165) is 12.0 Å². The van der Waals surface area contributed by atoms with Gasteiger partial charge in [-0.25, -0.2) is 4.79 Å². The van der Waals surface area contributed by atoms with Gasteiger partial charge in [-0.1, -0.05) is 36.4 Å². The normalized spacial score (nSPS) is 17.1. The molecule has 1 aromatic rings. The molecule has 1 heterocycles. The largest absolute Gasteiger partial charge is 0.445 e. The Kier molecular flexibility index (Phi) is 6.01. The molecule has 1 aliphatic rings. The zero-order chi connectivity index (χ0) is 15.8. The topological polar surface area (TPSA) is 58.6 Å². The van der Waals surface area contributed by atoms with E-state index < -0.39 is 6.09 Å². The fourth-order valence-corrected chi connectivity index (χ4v) is 2.42. The number of allylic oxidation sites excluding steroid dienone is 1. The summed E-state index contributed by atoms with van der Waals surface area (Å²) in [6.45, 7) is 5.10. The molecule has 0 bridgehead atoms. The van der Waals surface area contributed by atoms with Gasteiger partial charge in [-0.05, 0) is 18.4 Å². The SMILES string of the molecule is C=CCCC(=O)N1CC[C@@H](NC(=O)OCc2ccccc2)C1. The second-order valence-electron chi connectivity index (χ2n) is 5.36. The molecule has 0 aliphatic carbocycles. The quantitative estimate of drug-likeness (QED) is 0.821. The molecule has 1 N–H and O–H groups in total. The van der Waals surface area contributed by atoms with Crippen molar-refractivity contribution < 1.29 is 14.3 Å². The standard InChI is InChI=1S/C17H22N2O3/c1-2-3-9-16(20)19-11-10-15(12-19)18-17(21)22-13-14-7-5-4-6-8-14/h2,4-8,15H,1,3,9-13H2,(H,18,21)/t15-/m1/s1. The van der Waals surface area contributed by atoms with Gasteiger partial charge in [0.1, 0.15) is 6.61 Å². The fourth-order valence-electron chi connectivity index (χ4n) is 2.42. The van der Waals surface area contributed by atoms with Crippen LogP contribution in [0.5, 0.6) is 0 Å². The molecule has 2 rings (SSSR count). The van der Waals surface area contributed by atoms with Crippen molar-refractivity contribution in [1.82, 2.24) is 10.2 Å². The third-order valence-electron chi connectivity index (χ3n) is 3.64. The number of hydrogen-bond acceptors (Lipinski definition) is 3. The van der Waals surface area contributed by atoms with Crippen LogP contribution in [0.3, 0.4) is 0 Å². The van der Waals surface area contributed by atoms with E-state index in [9.17, 15) is 9.59 Å². The van der Waals surface area contributed by atoms with E-state index in [1.807, 2.05) is 30.3 Å². The molecular formula is C17H22N2O3. The molecule has 0 unspecified atom stereocenters. The van der Waals surface area contributed by atoms with Gasteiger partial charge >= 0.3 is 6.09 Å². The lowest BCUT2D eigenvalue weighted by atomic mass is 10.2. The van der Waals surface area contributed by atoms with E-state index in [2.05, 4.69) is 11.9 Å². The molecule has 0 aromatic heterocycles. The van der Waals surface area contributed by atoms with Crippen LogP contribution >= 0.6 is 0 Å². The molecule has 2 amide bonds. The van der Waals surface area contributed by atoms with Crippen LogP contribution in [0.2, 0.25) is 0 Å². The van der Waals surface area contributed by atoms with E-state index >= 15 is 0 Å². The first kappa shape index (κ1) is 16.1. The molecule has 0 saturated carbocycles. The van der Waals surface area contributed by atoms with Crippen molar-refractivity contribution in [3.63, 3.8) is 0 Å². The van der Waals surface area contributed by atoms with Crippen molar-refractivity contribution in [3.05, 3.63) is 48.6 Å². The summed E-state index contributed by atoms with van der Waals surface area (Å²) in [5.74, 6) is 0.113. The Morgan fingerprint density at radius 3 is 2.86 bits per heavy atom. The minimum absolute atomic E-state index is 0.0315. The van der Waals surface area contributed by atoms with E-state index in [1.54, 1.807) is 11.0 Å². The summed E-state index contributed by atoms with van der Waals surface area (Å²) in [5.41, 5.74) is 0.949. The molecular weight excluding hydrogens is 280 g/mol. The number of amides is 2. The highest BCUT2D eigenvalue weighted by Crippen LogP contribution is 2.12. The van der Waals surface area contributed by atoms with Crippen molar-refractivity contribution in [1.29, 1.82) is 0 Å². The van der Waals surface area contributed by atoms with Gasteiger partial charge in [0.25, 0.3) is 0 Å². The number of carbonyl (C=O) groups is 2. The zero-order valence-electron chi connectivity index (χ0n) is 12.7. The van der Waals surface area contributed by atoms with Crippen molar-refractivity contribution in [3.8, 4) is 0 Å². The number of hydrogen-bond donors (Lipinski definition) is 1. The Hall–Kier alpha value is -2.30. The van der Waals surface area contributed by atoms with Gasteiger partial charge in [-0.2, -0.15) is 0 Å². The van der Waals surface area contributed by atoms with E-state index in [-0.39, 0.29) is 18.6 Å². The Morgan fingerprint density at radius 1 is 1.36 bits per heavy atom. The highest BCUT2D eigenvalue weighted by molar-refractivity contribution is 5.77. The van der Waals surface area contributed by atoms with Crippen LogP contribution in [-0.4, -0.2) is 36.0 Å². The van der Waals surface area contributed by atoms with E-state index in [4.69, 9.17) is 4.74 Å². The monoisotopic (exact) mass is 302 g/mol. The van der Waals surface area contributed by atoms with Gasteiger partial charge in [-0.3, -0.25) is 4.79 Å². The fraction of sp³-hybridized carbons (Fsp3) is 0.412. The van der Waals surface area contributed by atoms with Crippen LogP contribution in [0, 0.1) is 0 Å². The number of likely N-dealkylation sites (tertiary alicyclic amines) is 1. The Balaban J connectivity index is 1.69.